The number of rotatable bonds is 4. The number of thioether (sulfide) groups is 1. The number of anilines is 1. The van der Waals surface area contributed by atoms with Crippen molar-refractivity contribution in [3.05, 3.63) is 23.8 Å². The molecular formula is C17H20N2O6S2. The van der Waals surface area contributed by atoms with Gasteiger partial charge in [0, 0.05) is 23.1 Å². The van der Waals surface area contributed by atoms with Gasteiger partial charge in [-0.25, -0.2) is 13.2 Å². The highest BCUT2D eigenvalue weighted by Gasteiger charge is 2.31. The molecule has 146 valence electrons. The number of carbonyl (C=O) groups excluding carboxylic acids is 3. The van der Waals surface area contributed by atoms with Gasteiger partial charge in [-0.1, -0.05) is 0 Å². The van der Waals surface area contributed by atoms with E-state index in [0.29, 0.717) is 24.3 Å². The van der Waals surface area contributed by atoms with Gasteiger partial charge in [0.15, 0.2) is 15.9 Å². The summed E-state index contributed by atoms with van der Waals surface area (Å²) in [7, 11) is -3.11. The van der Waals surface area contributed by atoms with Crippen molar-refractivity contribution in [2.75, 3.05) is 22.6 Å². The second kappa shape index (κ2) is 7.89. The molecule has 2 heterocycles. The summed E-state index contributed by atoms with van der Waals surface area (Å²) >= 11 is 1.52. The monoisotopic (exact) mass is 412 g/mol. The Balaban J connectivity index is 1.61. The zero-order valence-electron chi connectivity index (χ0n) is 14.7. The molecule has 27 heavy (non-hydrogen) atoms. The highest BCUT2D eigenvalue weighted by Crippen LogP contribution is 2.31. The van der Waals surface area contributed by atoms with Crippen molar-refractivity contribution in [2.45, 2.75) is 36.8 Å². The van der Waals surface area contributed by atoms with Gasteiger partial charge < -0.3 is 15.4 Å². The SMILES string of the molecule is C[C@@H](OC(=O)c1ccc2c(c1)NC(=O)CCS2)C(=O)N[C@H]1CCS(=O)(=O)C1. The molecule has 8 nitrogen and oxygen atoms in total. The summed E-state index contributed by atoms with van der Waals surface area (Å²) in [5, 5.41) is 5.35. The zero-order valence-corrected chi connectivity index (χ0v) is 16.3. The van der Waals surface area contributed by atoms with Crippen molar-refractivity contribution in [3.63, 3.8) is 0 Å². The number of carbonyl (C=O) groups is 3. The quantitative estimate of drug-likeness (QED) is 0.707. The van der Waals surface area contributed by atoms with E-state index in [2.05, 4.69) is 10.6 Å². The smallest absolute Gasteiger partial charge is 0.338 e. The van der Waals surface area contributed by atoms with Crippen LogP contribution in [-0.2, 0) is 24.2 Å². The molecule has 2 amide bonds. The summed E-state index contributed by atoms with van der Waals surface area (Å²) < 4.78 is 28.1. The maximum atomic E-state index is 12.3. The molecule has 0 spiro atoms. The van der Waals surface area contributed by atoms with E-state index in [1.807, 2.05) is 0 Å². The van der Waals surface area contributed by atoms with E-state index in [1.54, 1.807) is 12.1 Å². The molecule has 0 unspecified atom stereocenters. The minimum absolute atomic E-state index is 0.0466. The minimum atomic E-state index is -3.11. The first kappa shape index (κ1) is 19.7. The van der Waals surface area contributed by atoms with Crippen LogP contribution in [-0.4, -0.2) is 55.6 Å². The van der Waals surface area contributed by atoms with Gasteiger partial charge in [0.2, 0.25) is 5.91 Å². The van der Waals surface area contributed by atoms with E-state index in [0.717, 1.165) is 4.90 Å². The highest BCUT2D eigenvalue weighted by atomic mass is 32.2. The Morgan fingerprint density at radius 3 is 2.85 bits per heavy atom. The fourth-order valence-electron chi connectivity index (χ4n) is 2.86. The molecule has 2 aliphatic heterocycles. The number of hydrogen-bond acceptors (Lipinski definition) is 7. The number of hydrogen-bond donors (Lipinski definition) is 2. The summed E-state index contributed by atoms with van der Waals surface area (Å²) in [5.74, 6) is -0.735. The molecular weight excluding hydrogens is 392 g/mol. The Morgan fingerprint density at radius 2 is 2.15 bits per heavy atom. The number of ether oxygens (including phenoxy) is 1. The van der Waals surface area contributed by atoms with Crippen LogP contribution in [0.4, 0.5) is 5.69 Å². The van der Waals surface area contributed by atoms with Gasteiger partial charge in [0.25, 0.3) is 5.91 Å². The molecule has 0 aromatic heterocycles. The van der Waals surface area contributed by atoms with Crippen LogP contribution in [0.3, 0.4) is 0 Å². The van der Waals surface area contributed by atoms with E-state index < -0.39 is 33.9 Å². The molecule has 0 saturated carbocycles. The largest absolute Gasteiger partial charge is 0.449 e. The highest BCUT2D eigenvalue weighted by molar-refractivity contribution is 7.99. The molecule has 1 fully saturated rings. The molecule has 1 aromatic carbocycles. The first-order valence-corrected chi connectivity index (χ1v) is 11.3. The van der Waals surface area contributed by atoms with E-state index in [4.69, 9.17) is 4.74 Å². The Hall–Kier alpha value is -2.07. The Morgan fingerprint density at radius 1 is 1.37 bits per heavy atom. The summed E-state index contributed by atoms with van der Waals surface area (Å²) in [6, 6.07) is 4.39. The van der Waals surface area contributed by atoms with Crippen molar-refractivity contribution in [3.8, 4) is 0 Å². The third-order valence-electron chi connectivity index (χ3n) is 4.31. The Labute approximate surface area is 161 Å². The van der Waals surface area contributed by atoms with E-state index in [1.165, 1.54) is 24.8 Å². The standard InChI is InChI=1S/C17H20N2O6S2/c1-10(16(21)18-12-5-7-27(23,24)9-12)25-17(22)11-2-3-14-13(8-11)19-15(20)4-6-26-14/h2-3,8,10,12H,4-7,9H2,1H3,(H,18,21)(H,19,20)/t10-,12+/m1/s1. The third-order valence-corrected chi connectivity index (χ3v) is 7.15. The van der Waals surface area contributed by atoms with Crippen LogP contribution < -0.4 is 10.6 Å². The molecule has 2 N–H and O–H groups in total. The average molecular weight is 412 g/mol. The molecule has 2 aliphatic rings. The first-order chi connectivity index (χ1) is 12.7. The minimum Gasteiger partial charge on any atom is -0.449 e. The van der Waals surface area contributed by atoms with E-state index in [-0.39, 0.29) is 23.0 Å². The second-order valence-electron chi connectivity index (χ2n) is 6.51. The predicted molar refractivity (Wildman–Crippen MR) is 100 cm³/mol. The van der Waals surface area contributed by atoms with Crippen LogP contribution >= 0.6 is 11.8 Å². The summed E-state index contributed by atoms with van der Waals surface area (Å²) in [6.45, 7) is 1.43. The third kappa shape index (κ3) is 5.01. The lowest BCUT2D eigenvalue weighted by Gasteiger charge is -2.17. The van der Waals surface area contributed by atoms with Crippen LogP contribution in [0.2, 0.25) is 0 Å². The van der Waals surface area contributed by atoms with Crippen molar-refractivity contribution < 1.29 is 27.5 Å². The van der Waals surface area contributed by atoms with Crippen LogP contribution in [0.5, 0.6) is 0 Å². The van der Waals surface area contributed by atoms with Crippen molar-refractivity contribution in [1.82, 2.24) is 5.32 Å². The van der Waals surface area contributed by atoms with Crippen molar-refractivity contribution in [1.29, 1.82) is 0 Å². The number of fused-ring (bicyclic) bond motifs is 1. The fourth-order valence-corrected chi connectivity index (χ4v) is 5.47. The number of esters is 1. The van der Waals surface area contributed by atoms with Gasteiger partial charge in [-0.3, -0.25) is 9.59 Å². The van der Waals surface area contributed by atoms with Gasteiger partial charge in [0.1, 0.15) is 0 Å². The first-order valence-electron chi connectivity index (χ1n) is 8.52. The average Bonchev–Trinajstić information content (AvgIpc) is 2.82. The van der Waals surface area contributed by atoms with E-state index >= 15 is 0 Å². The summed E-state index contributed by atoms with van der Waals surface area (Å²) in [4.78, 5) is 37.0. The van der Waals surface area contributed by atoms with Crippen molar-refractivity contribution in [2.24, 2.45) is 0 Å². The predicted octanol–water partition coefficient (Wildman–Crippen LogP) is 0.970. The number of benzene rings is 1. The molecule has 0 aliphatic carbocycles. The molecule has 0 radical (unpaired) electrons. The molecule has 1 aromatic rings. The van der Waals surface area contributed by atoms with E-state index in [9.17, 15) is 22.8 Å². The van der Waals surface area contributed by atoms with Crippen LogP contribution in [0.25, 0.3) is 0 Å². The number of amides is 2. The van der Waals surface area contributed by atoms with Crippen LogP contribution in [0.1, 0.15) is 30.1 Å². The van der Waals surface area contributed by atoms with Crippen LogP contribution in [0.15, 0.2) is 23.1 Å². The van der Waals surface area contributed by atoms with Gasteiger partial charge in [-0.2, -0.15) is 0 Å². The lowest BCUT2D eigenvalue weighted by molar-refractivity contribution is -0.129. The van der Waals surface area contributed by atoms with Gasteiger partial charge in [-0.15, -0.1) is 11.8 Å². The van der Waals surface area contributed by atoms with Crippen LogP contribution in [0, 0.1) is 0 Å². The molecule has 3 rings (SSSR count). The second-order valence-corrected chi connectivity index (χ2v) is 9.88. The lowest BCUT2D eigenvalue weighted by atomic mass is 10.2. The fraction of sp³-hybridized carbons (Fsp3) is 0.471. The normalized spacial score (nSPS) is 22.1. The lowest BCUT2D eigenvalue weighted by Crippen LogP contribution is -2.42. The van der Waals surface area contributed by atoms with Gasteiger partial charge >= 0.3 is 5.97 Å². The van der Waals surface area contributed by atoms with Gasteiger partial charge in [-0.05, 0) is 31.5 Å². The molecule has 0 bridgehead atoms. The van der Waals surface area contributed by atoms with Crippen molar-refractivity contribution >= 4 is 45.1 Å². The summed E-state index contributed by atoms with van der Waals surface area (Å²) in [6.07, 6.45) is -0.312. The molecule has 2 atom stereocenters. The molecule has 10 heteroatoms. The summed E-state index contributed by atoms with van der Waals surface area (Å²) in [5.41, 5.74) is 0.768. The number of nitrogens with one attached hydrogen (secondary N) is 2. The maximum absolute atomic E-state index is 12.3. The van der Waals surface area contributed by atoms with Gasteiger partial charge in [0.05, 0.1) is 22.8 Å². The zero-order chi connectivity index (χ0) is 19.6. The Kier molecular flexibility index (Phi) is 5.75. The maximum Gasteiger partial charge on any atom is 0.338 e. The number of sulfone groups is 1. The molecule has 1 saturated heterocycles. The Bertz CT molecular complexity index is 883. The topological polar surface area (TPSA) is 119 Å².